The van der Waals surface area contributed by atoms with E-state index in [9.17, 15) is 9.59 Å². The molecule has 2 N–H and O–H groups in total. The van der Waals surface area contributed by atoms with Gasteiger partial charge in [0.15, 0.2) is 0 Å². The maximum atomic E-state index is 12.3. The zero-order chi connectivity index (χ0) is 16.6. The van der Waals surface area contributed by atoms with E-state index >= 15 is 0 Å². The number of nitrogens with one attached hydrogen (secondary N) is 1. The number of hydrogen-bond acceptors (Lipinski definition) is 4. The van der Waals surface area contributed by atoms with Crippen LogP contribution in [0.15, 0.2) is 36.7 Å². The number of carbonyl (C=O) groups excluding carboxylic acids is 1. The molecule has 8 nitrogen and oxygen atoms in total. The van der Waals surface area contributed by atoms with Crippen LogP contribution in [0.2, 0.25) is 0 Å². The highest BCUT2D eigenvalue weighted by Gasteiger charge is 2.18. The van der Waals surface area contributed by atoms with Crippen LogP contribution in [0.25, 0.3) is 11.0 Å². The normalized spacial score (nSPS) is 12.3. The molecular formula is C15H15N5O3. The first-order valence-electron chi connectivity index (χ1n) is 6.97. The van der Waals surface area contributed by atoms with Crippen molar-refractivity contribution in [1.29, 1.82) is 0 Å². The lowest BCUT2D eigenvalue weighted by molar-refractivity contribution is -0.140. The molecule has 0 aliphatic rings. The molecule has 0 aliphatic heterocycles. The summed E-state index contributed by atoms with van der Waals surface area (Å²) in [4.78, 5) is 27.6. The van der Waals surface area contributed by atoms with Crippen molar-refractivity contribution < 1.29 is 14.7 Å². The zero-order valence-electron chi connectivity index (χ0n) is 12.6. The molecule has 2 aromatic heterocycles. The maximum Gasteiger partial charge on any atom is 0.328 e. The molecular weight excluding hydrogens is 298 g/mol. The number of carboxylic acid groups (broad SMARTS) is 1. The van der Waals surface area contributed by atoms with Crippen molar-refractivity contribution in [3.05, 3.63) is 42.2 Å². The fraction of sp³-hybridized carbons (Fsp3) is 0.200. The highest BCUT2D eigenvalue weighted by molar-refractivity contribution is 6.03. The Morgan fingerprint density at radius 2 is 2.04 bits per heavy atom. The lowest BCUT2D eigenvalue weighted by Crippen LogP contribution is -2.17. The van der Waals surface area contributed by atoms with Gasteiger partial charge in [-0.05, 0) is 19.1 Å². The van der Waals surface area contributed by atoms with Gasteiger partial charge in [0.05, 0.1) is 22.8 Å². The SMILES string of the molecule is CC(C(=O)O)n1cc(C(=O)Nc2nc3ccccc3n2C)cn1. The number of imidazole rings is 1. The van der Waals surface area contributed by atoms with Gasteiger partial charge in [-0.2, -0.15) is 5.10 Å². The van der Waals surface area contributed by atoms with Crippen molar-refractivity contribution in [3.8, 4) is 0 Å². The van der Waals surface area contributed by atoms with Crippen LogP contribution in [0.3, 0.4) is 0 Å². The first-order chi connectivity index (χ1) is 11.0. The van der Waals surface area contributed by atoms with Gasteiger partial charge in [0.25, 0.3) is 5.91 Å². The van der Waals surface area contributed by atoms with Crippen molar-refractivity contribution >= 4 is 28.9 Å². The molecule has 0 spiro atoms. The summed E-state index contributed by atoms with van der Waals surface area (Å²) in [5.74, 6) is -1.00. The summed E-state index contributed by atoms with van der Waals surface area (Å²) in [6, 6.07) is 6.69. The summed E-state index contributed by atoms with van der Waals surface area (Å²) in [7, 11) is 1.81. The van der Waals surface area contributed by atoms with Crippen LogP contribution in [0, 0.1) is 0 Å². The third kappa shape index (κ3) is 2.66. The Labute approximate surface area is 131 Å². The van der Waals surface area contributed by atoms with Gasteiger partial charge in [-0.3, -0.25) is 14.8 Å². The molecule has 8 heteroatoms. The molecule has 0 fully saturated rings. The molecule has 2 heterocycles. The Hall–Kier alpha value is -3.16. The van der Waals surface area contributed by atoms with Crippen LogP contribution in [0.5, 0.6) is 0 Å². The van der Waals surface area contributed by atoms with Gasteiger partial charge in [0, 0.05) is 13.2 Å². The average molecular weight is 313 g/mol. The molecule has 3 aromatic rings. The monoisotopic (exact) mass is 313 g/mol. The fourth-order valence-corrected chi connectivity index (χ4v) is 2.21. The van der Waals surface area contributed by atoms with Gasteiger partial charge >= 0.3 is 5.97 Å². The second-order valence-electron chi connectivity index (χ2n) is 5.16. The number of carboxylic acids is 1. The second kappa shape index (κ2) is 5.56. The molecule has 0 saturated heterocycles. The number of fused-ring (bicyclic) bond motifs is 1. The van der Waals surface area contributed by atoms with Crippen molar-refractivity contribution in [3.63, 3.8) is 0 Å². The highest BCUT2D eigenvalue weighted by atomic mass is 16.4. The highest BCUT2D eigenvalue weighted by Crippen LogP contribution is 2.18. The van der Waals surface area contributed by atoms with Gasteiger partial charge in [-0.15, -0.1) is 0 Å². The van der Waals surface area contributed by atoms with Crippen LogP contribution in [-0.2, 0) is 11.8 Å². The molecule has 0 aliphatic carbocycles. The number of carbonyl (C=O) groups is 2. The molecule has 0 saturated carbocycles. The van der Waals surface area contributed by atoms with E-state index in [1.54, 1.807) is 11.6 Å². The van der Waals surface area contributed by atoms with Gasteiger partial charge < -0.3 is 9.67 Å². The fourth-order valence-electron chi connectivity index (χ4n) is 2.21. The number of hydrogen-bond donors (Lipinski definition) is 2. The quantitative estimate of drug-likeness (QED) is 0.763. The summed E-state index contributed by atoms with van der Waals surface area (Å²) >= 11 is 0. The number of nitrogens with zero attached hydrogens (tertiary/aromatic N) is 4. The van der Waals surface area contributed by atoms with Crippen molar-refractivity contribution in [1.82, 2.24) is 19.3 Å². The summed E-state index contributed by atoms with van der Waals surface area (Å²) in [5, 5.41) is 15.6. The molecule has 0 radical (unpaired) electrons. The smallest absolute Gasteiger partial charge is 0.328 e. The lowest BCUT2D eigenvalue weighted by Gasteiger charge is -2.05. The van der Waals surface area contributed by atoms with E-state index in [1.165, 1.54) is 24.0 Å². The van der Waals surface area contributed by atoms with E-state index in [0.29, 0.717) is 5.95 Å². The van der Waals surface area contributed by atoms with Crippen LogP contribution >= 0.6 is 0 Å². The van der Waals surface area contributed by atoms with E-state index in [-0.39, 0.29) is 5.56 Å². The second-order valence-corrected chi connectivity index (χ2v) is 5.16. The van der Waals surface area contributed by atoms with Crippen molar-refractivity contribution in [2.45, 2.75) is 13.0 Å². The van der Waals surface area contributed by atoms with Crippen LogP contribution in [0.4, 0.5) is 5.95 Å². The van der Waals surface area contributed by atoms with E-state index in [1.807, 2.05) is 24.3 Å². The average Bonchev–Trinajstić information content (AvgIpc) is 3.13. The van der Waals surface area contributed by atoms with Crippen LogP contribution in [-0.4, -0.2) is 36.3 Å². The lowest BCUT2D eigenvalue weighted by atomic mass is 10.3. The summed E-state index contributed by atoms with van der Waals surface area (Å²) < 4.78 is 3.00. The third-order valence-electron chi connectivity index (χ3n) is 3.63. The van der Waals surface area contributed by atoms with Gasteiger partial charge in [-0.1, -0.05) is 12.1 Å². The number of anilines is 1. The Balaban J connectivity index is 1.83. The molecule has 23 heavy (non-hydrogen) atoms. The summed E-state index contributed by atoms with van der Waals surface area (Å²) in [6.07, 6.45) is 2.73. The Bertz CT molecular complexity index is 896. The number of amides is 1. The van der Waals surface area contributed by atoms with Crippen molar-refractivity contribution in [2.75, 3.05) is 5.32 Å². The maximum absolute atomic E-state index is 12.3. The molecule has 1 amide bonds. The van der Waals surface area contributed by atoms with Gasteiger partial charge in [0.1, 0.15) is 6.04 Å². The number of aromatic nitrogens is 4. The Morgan fingerprint density at radius 1 is 1.30 bits per heavy atom. The van der Waals surface area contributed by atoms with Crippen LogP contribution < -0.4 is 5.32 Å². The minimum absolute atomic E-state index is 0.269. The first-order valence-corrected chi connectivity index (χ1v) is 6.97. The summed E-state index contributed by atoms with van der Waals surface area (Å²) in [6.45, 7) is 1.49. The number of para-hydroxylation sites is 2. The molecule has 1 aromatic carbocycles. The van der Waals surface area contributed by atoms with E-state index in [4.69, 9.17) is 5.11 Å². The van der Waals surface area contributed by atoms with Gasteiger partial charge in [0.2, 0.25) is 5.95 Å². The zero-order valence-corrected chi connectivity index (χ0v) is 12.6. The third-order valence-corrected chi connectivity index (χ3v) is 3.63. The molecule has 3 rings (SSSR count). The predicted molar refractivity (Wildman–Crippen MR) is 83.2 cm³/mol. The molecule has 118 valence electrons. The molecule has 0 bridgehead atoms. The van der Waals surface area contributed by atoms with Gasteiger partial charge in [-0.25, -0.2) is 9.78 Å². The number of aryl methyl sites for hydroxylation is 1. The summed E-state index contributed by atoms with van der Waals surface area (Å²) in [5.41, 5.74) is 1.95. The minimum atomic E-state index is -1.02. The van der Waals surface area contributed by atoms with E-state index in [2.05, 4.69) is 15.4 Å². The number of benzene rings is 1. The molecule has 1 atom stereocenters. The number of aliphatic carboxylic acids is 1. The Kier molecular flexibility index (Phi) is 3.57. The number of rotatable bonds is 4. The predicted octanol–water partition coefficient (Wildman–Crippen LogP) is 1.67. The van der Waals surface area contributed by atoms with E-state index in [0.717, 1.165) is 11.0 Å². The topological polar surface area (TPSA) is 102 Å². The van der Waals surface area contributed by atoms with Crippen LogP contribution in [0.1, 0.15) is 23.3 Å². The first kappa shape index (κ1) is 14.8. The largest absolute Gasteiger partial charge is 0.480 e. The van der Waals surface area contributed by atoms with Crippen molar-refractivity contribution in [2.24, 2.45) is 7.05 Å². The molecule has 1 unspecified atom stereocenters. The minimum Gasteiger partial charge on any atom is -0.480 e. The van der Waals surface area contributed by atoms with E-state index < -0.39 is 17.9 Å². The standard InChI is InChI=1S/C15H15N5O3/c1-9(14(22)23)20-8-10(7-16-20)13(21)18-15-17-11-5-3-4-6-12(11)19(15)2/h3-9H,1-2H3,(H,22,23)(H,17,18,21). The Morgan fingerprint density at radius 3 is 2.74 bits per heavy atom.